The van der Waals surface area contributed by atoms with Crippen molar-refractivity contribution in [1.29, 1.82) is 0 Å². The molecule has 0 unspecified atom stereocenters. The minimum Gasteiger partial charge on any atom is -0.212 e. The maximum absolute atomic E-state index is 13.1. The number of thioether (sulfide) groups is 1. The van der Waals surface area contributed by atoms with Gasteiger partial charge in [0.1, 0.15) is 5.82 Å². The Morgan fingerprint density at radius 2 is 1.71 bits per heavy atom. The van der Waals surface area contributed by atoms with Gasteiger partial charge in [0, 0.05) is 10.6 Å². The maximum atomic E-state index is 13.1. The lowest BCUT2D eigenvalue weighted by atomic mass is 10.2. The molecule has 0 aliphatic heterocycles. The molecule has 106 valence electrons. The van der Waals surface area contributed by atoms with Gasteiger partial charge in [-0.3, -0.25) is 0 Å². The average molecular weight is 320 g/mol. The molecule has 0 amide bonds. The zero-order valence-electron chi connectivity index (χ0n) is 11.1. The van der Waals surface area contributed by atoms with Crippen molar-refractivity contribution in [1.82, 2.24) is 14.8 Å². The van der Waals surface area contributed by atoms with Crippen molar-refractivity contribution in [3.05, 3.63) is 59.4 Å². The van der Waals surface area contributed by atoms with Gasteiger partial charge in [-0.25, -0.2) is 14.1 Å². The number of benzene rings is 2. The summed E-state index contributed by atoms with van der Waals surface area (Å²) in [5.41, 5.74) is 1.66. The fourth-order valence-electron chi connectivity index (χ4n) is 1.93. The molecule has 0 fully saturated rings. The van der Waals surface area contributed by atoms with E-state index in [2.05, 4.69) is 10.1 Å². The van der Waals surface area contributed by atoms with Gasteiger partial charge in [-0.15, -0.1) is 5.10 Å². The summed E-state index contributed by atoms with van der Waals surface area (Å²) < 4.78 is 14.8. The number of hydrogen-bond donors (Lipinski definition) is 0. The molecule has 0 saturated carbocycles. The predicted octanol–water partition coefficient (Wildman–Crippen LogP) is 4.45. The lowest BCUT2D eigenvalue weighted by molar-refractivity contribution is 0.628. The average Bonchev–Trinajstić information content (AvgIpc) is 2.93. The highest BCUT2D eigenvalue weighted by Gasteiger charge is 2.13. The summed E-state index contributed by atoms with van der Waals surface area (Å²) in [6.45, 7) is 0. The van der Waals surface area contributed by atoms with Gasteiger partial charge >= 0.3 is 0 Å². The zero-order chi connectivity index (χ0) is 14.8. The first-order valence-electron chi connectivity index (χ1n) is 6.20. The van der Waals surface area contributed by atoms with E-state index in [1.165, 1.54) is 23.9 Å². The van der Waals surface area contributed by atoms with Crippen molar-refractivity contribution < 1.29 is 4.39 Å². The van der Waals surface area contributed by atoms with Crippen molar-refractivity contribution in [3.63, 3.8) is 0 Å². The molecule has 0 radical (unpaired) electrons. The van der Waals surface area contributed by atoms with E-state index >= 15 is 0 Å². The fourth-order valence-corrected chi connectivity index (χ4v) is 2.39. The highest BCUT2D eigenvalue weighted by atomic mass is 35.5. The minimum atomic E-state index is -0.276. The normalized spacial score (nSPS) is 10.8. The van der Waals surface area contributed by atoms with Gasteiger partial charge in [0.2, 0.25) is 5.16 Å². The van der Waals surface area contributed by atoms with Crippen molar-refractivity contribution in [2.45, 2.75) is 5.16 Å². The van der Waals surface area contributed by atoms with Crippen molar-refractivity contribution in [3.8, 4) is 17.1 Å². The number of hydrogen-bond acceptors (Lipinski definition) is 3. The molecular formula is C15H11ClFN3S. The third kappa shape index (κ3) is 2.94. The number of aromatic nitrogens is 3. The Kier molecular flexibility index (Phi) is 3.94. The first-order chi connectivity index (χ1) is 10.2. The van der Waals surface area contributed by atoms with Crippen LogP contribution in [0, 0.1) is 5.82 Å². The standard InChI is InChI=1S/C15H11ClFN3S/c1-21-15-18-14(10-2-6-12(17)7-3-10)20(19-15)13-8-4-11(16)5-9-13/h2-9H,1H3. The number of halogens is 2. The molecule has 0 saturated heterocycles. The van der Waals surface area contributed by atoms with Crippen LogP contribution in [0.15, 0.2) is 53.7 Å². The first kappa shape index (κ1) is 14.1. The van der Waals surface area contributed by atoms with E-state index in [-0.39, 0.29) is 5.82 Å². The SMILES string of the molecule is CSc1nc(-c2ccc(F)cc2)n(-c2ccc(Cl)cc2)n1. The summed E-state index contributed by atoms with van der Waals surface area (Å²) in [6, 6.07) is 13.5. The van der Waals surface area contributed by atoms with E-state index in [9.17, 15) is 4.39 Å². The van der Waals surface area contributed by atoms with Crippen LogP contribution >= 0.6 is 23.4 Å². The van der Waals surface area contributed by atoms with Crippen molar-refractivity contribution in [2.75, 3.05) is 6.26 Å². The largest absolute Gasteiger partial charge is 0.212 e. The van der Waals surface area contributed by atoms with E-state index < -0.39 is 0 Å². The highest BCUT2D eigenvalue weighted by Crippen LogP contribution is 2.24. The molecule has 0 aliphatic rings. The molecule has 0 aliphatic carbocycles. The van der Waals surface area contributed by atoms with E-state index in [1.807, 2.05) is 18.4 Å². The number of nitrogens with zero attached hydrogens (tertiary/aromatic N) is 3. The minimum absolute atomic E-state index is 0.276. The number of rotatable bonds is 3. The Hall–Kier alpha value is -1.85. The van der Waals surface area contributed by atoms with Crippen LogP contribution < -0.4 is 0 Å². The van der Waals surface area contributed by atoms with Crippen LogP contribution in [0.2, 0.25) is 5.02 Å². The molecule has 3 aromatic rings. The summed E-state index contributed by atoms with van der Waals surface area (Å²) in [5, 5.41) is 5.78. The third-order valence-electron chi connectivity index (χ3n) is 2.94. The van der Waals surface area contributed by atoms with Crippen LogP contribution in [0.5, 0.6) is 0 Å². The maximum Gasteiger partial charge on any atom is 0.209 e. The summed E-state index contributed by atoms with van der Waals surface area (Å²) in [7, 11) is 0. The van der Waals surface area contributed by atoms with Gasteiger partial charge in [-0.1, -0.05) is 23.4 Å². The second kappa shape index (κ2) is 5.87. The second-order valence-electron chi connectivity index (χ2n) is 4.32. The summed E-state index contributed by atoms with van der Waals surface area (Å²) in [4.78, 5) is 4.49. The van der Waals surface area contributed by atoms with Crippen molar-refractivity contribution in [2.24, 2.45) is 0 Å². The van der Waals surface area contributed by atoms with Gasteiger partial charge < -0.3 is 0 Å². The fraction of sp³-hybridized carbons (Fsp3) is 0.0667. The summed E-state index contributed by atoms with van der Waals surface area (Å²) >= 11 is 7.37. The van der Waals surface area contributed by atoms with Gasteiger partial charge in [-0.05, 0) is 54.8 Å². The summed E-state index contributed by atoms with van der Waals surface area (Å²) in [5.74, 6) is 0.392. The Bertz CT molecular complexity index is 691. The van der Waals surface area contributed by atoms with E-state index in [1.54, 1.807) is 28.9 Å². The van der Waals surface area contributed by atoms with Crippen LogP contribution in [0.25, 0.3) is 17.1 Å². The second-order valence-corrected chi connectivity index (χ2v) is 5.53. The molecule has 3 rings (SSSR count). The Labute approximate surface area is 130 Å². The molecule has 0 bridgehead atoms. The predicted molar refractivity (Wildman–Crippen MR) is 83.5 cm³/mol. The quantitative estimate of drug-likeness (QED) is 0.668. The van der Waals surface area contributed by atoms with Crippen LogP contribution in [0.4, 0.5) is 4.39 Å². The molecule has 0 N–H and O–H groups in total. The zero-order valence-corrected chi connectivity index (χ0v) is 12.7. The van der Waals surface area contributed by atoms with Gasteiger partial charge in [0.15, 0.2) is 5.82 Å². The van der Waals surface area contributed by atoms with E-state index in [0.29, 0.717) is 16.0 Å². The molecule has 1 aromatic heterocycles. The van der Waals surface area contributed by atoms with E-state index in [4.69, 9.17) is 11.6 Å². The molecular weight excluding hydrogens is 309 g/mol. The van der Waals surface area contributed by atoms with Gasteiger partial charge in [0.25, 0.3) is 0 Å². The molecule has 6 heteroatoms. The summed E-state index contributed by atoms with van der Waals surface area (Å²) in [6.07, 6.45) is 1.91. The van der Waals surface area contributed by atoms with Gasteiger partial charge in [0.05, 0.1) is 5.69 Å². The molecule has 0 atom stereocenters. The first-order valence-corrected chi connectivity index (χ1v) is 7.80. The van der Waals surface area contributed by atoms with Gasteiger partial charge in [-0.2, -0.15) is 0 Å². The molecule has 0 spiro atoms. The lowest BCUT2D eigenvalue weighted by Crippen LogP contribution is -1.99. The molecule has 3 nitrogen and oxygen atoms in total. The van der Waals surface area contributed by atoms with Crippen molar-refractivity contribution >= 4 is 23.4 Å². The highest BCUT2D eigenvalue weighted by molar-refractivity contribution is 7.98. The molecule has 1 heterocycles. The van der Waals surface area contributed by atoms with E-state index in [0.717, 1.165) is 11.3 Å². The molecule has 21 heavy (non-hydrogen) atoms. The Balaban J connectivity index is 2.13. The van der Waals surface area contributed by atoms with Crippen LogP contribution in [0.3, 0.4) is 0 Å². The third-order valence-corrected chi connectivity index (χ3v) is 3.73. The van der Waals surface area contributed by atoms with Crippen LogP contribution in [-0.4, -0.2) is 21.0 Å². The Morgan fingerprint density at radius 1 is 1.05 bits per heavy atom. The van der Waals surface area contributed by atoms with Crippen LogP contribution in [0.1, 0.15) is 0 Å². The smallest absolute Gasteiger partial charge is 0.209 e. The van der Waals surface area contributed by atoms with Crippen LogP contribution in [-0.2, 0) is 0 Å². The lowest BCUT2D eigenvalue weighted by Gasteiger charge is -2.06. The Morgan fingerprint density at radius 3 is 2.33 bits per heavy atom. The molecule has 2 aromatic carbocycles. The topological polar surface area (TPSA) is 30.7 Å². The monoisotopic (exact) mass is 319 g/mol.